The molecule has 0 aliphatic rings. The molecule has 0 radical (unpaired) electrons. The van der Waals surface area contributed by atoms with Crippen LogP contribution in [0.15, 0.2) is 0 Å². The van der Waals surface area contributed by atoms with E-state index in [-0.39, 0.29) is 29.9 Å². The smallest absolute Gasteiger partial charge is 0.187 e. The first-order valence-corrected chi connectivity index (χ1v) is 2.14. The summed E-state index contributed by atoms with van der Waals surface area (Å²) in [6.07, 6.45) is 0.378. The molecule has 0 amide bonds. The lowest BCUT2D eigenvalue weighted by Crippen LogP contribution is -2.01. The van der Waals surface area contributed by atoms with Crippen LogP contribution in [0.3, 0.4) is 0 Å². The average Bonchev–Trinajstić information content (AvgIpc) is 1.35. The highest BCUT2D eigenvalue weighted by Crippen LogP contribution is 1.80. The standard InChI is InChI=1S/C3H7NOS.2ClH/c4-2-1-3(5)6;;/h1-2,4H2,(H,5,6);2*1H. The zero-order valence-electron chi connectivity index (χ0n) is 4.16. The van der Waals surface area contributed by atoms with Crippen molar-refractivity contribution in [3.05, 3.63) is 0 Å². The molecule has 0 aromatic carbocycles. The van der Waals surface area contributed by atoms with Crippen LogP contribution in [-0.4, -0.2) is 11.7 Å². The highest BCUT2D eigenvalue weighted by atomic mass is 35.5. The maximum absolute atomic E-state index is 9.83. The minimum absolute atomic E-state index is 0. The molecule has 0 fully saturated rings. The summed E-state index contributed by atoms with van der Waals surface area (Å²) in [5, 5.41) is -0.141. The molecular weight excluding hydrogens is 169 g/mol. The van der Waals surface area contributed by atoms with E-state index in [4.69, 9.17) is 5.73 Å². The predicted octanol–water partition coefficient (Wildman–Crippen LogP) is 0.635. The quantitative estimate of drug-likeness (QED) is 0.609. The third-order valence-corrected chi connectivity index (χ3v) is 0.582. The molecule has 0 rings (SSSR count). The van der Waals surface area contributed by atoms with Crippen LogP contribution in [0.2, 0.25) is 0 Å². The fraction of sp³-hybridized carbons (Fsp3) is 0.667. The first-order chi connectivity index (χ1) is 2.77. The van der Waals surface area contributed by atoms with E-state index in [0.717, 1.165) is 0 Å². The van der Waals surface area contributed by atoms with Crippen LogP contribution in [0.1, 0.15) is 6.42 Å². The Labute approximate surface area is 66.4 Å². The van der Waals surface area contributed by atoms with E-state index in [9.17, 15) is 4.79 Å². The van der Waals surface area contributed by atoms with Crippen molar-refractivity contribution in [2.24, 2.45) is 5.73 Å². The van der Waals surface area contributed by atoms with E-state index < -0.39 is 0 Å². The molecular formula is C3H9Cl2NOS. The van der Waals surface area contributed by atoms with Gasteiger partial charge in [-0.1, -0.05) is 0 Å². The summed E-state index contributed by atoms with van der Waals surface area (Å²) in [7, 11) is 0. The van der Waals surface area contributed by atoms with Gasteiger partial charge in [-0.2, -0.15) is 0 Å². The van der Waals surface area contributed by atoms with Crippen LogP contribution in [0.4, 0.5) is 0 Å². The van der Waals surface area contributed by atoms with Crippen molar-refractivity contribution in [1.82, 2.24) is 0 Å². The van der Waals surface area contributed by atoms with Crippen LogP contribution in [0.5, 0.6) is 0 Å². The Morgan fingerprint density at radius 3 is 1.88 bits per heavy atom. The van der Waals surface area contributed by atoms with E-state index in [1.54, 1.807) is 0 Å². The SMILES string of the molecule is Cl.Cl.NCCC(=O)S. The van der Waals surface area contributed by atoms with Gasteiger partial charge in [-0.3, -0.25) is 4.79 Å². The van der Waals surface area contributed by atoms with E-state index in [0.29, 0.717) is 13.0 Å². The number of thiol groups is 1. The number of halogens is 2. The molecule has 2 N–H and O–H groups in total. The van der Waals surface area contributed by atoms with Gasteiger partial charge in [0, 0.05) is 13.0 Å². The Kier molecular flexibility index (Phi) is 20.8. The van der Waals surface area contributed by atoms with Gasteiger partial charge in [0.1, 0.15) is 0 Å². The largest absolute Gasteiger partial charge is 0.330 e. The Bertz CT molecular complexity index is 61.2. The number of carbonyl (C=O) groups excluding carboxylic acids is 1. The second-order valence-electron chi connectivity index (χ2n) is 0.932. The molecule has 0 spiro atoms. The van der Waals surface area contributed by atoms with Gasteiger partial charge in [-0.05, 0) is 0 Å². The summed E-state index contributed by atoms with van der Waals surface area (Å²) >= 11 is 3.46. The topological polar surface area (TPSA) is 43.1 Å². The molecule has 0 heterocycles. The lowest BCUT2D eigenvalue weighted by molar-refractivity contribution is -0.110. The van der Waals surface area contributed by atoms with Gasteiger partial charge in [-0.25, -0.2) is 0 Å². The van der Waals surface area contributed by atoms with Gasteiger partial charge in [-0.15, -0.1) is 37.4 Å². The summed E-state index contributed by atoms with van der Waals surface area (Å²) in [6.45, 7) is 0.405. The highest BCUT2D eigenvalue weighted by Gasteiger charge is 1.85. The first-order valence-electron chi connectivity index (χ1n) is 1.69. The van der Waals surface area contributed by atoms with E-state index in [1.165, 1.54) is 0 Å². The Morgan fingerprint density at radius 2 is 1.88 bits per heavy atom. The summed E-state index contributed by atoms with van der Waals surface area (Å²) in [5.41, 5.74) is 4.96. The fourth-order valence-corrected chi connectivity index (χ4v) is 0.253. The minimum Gasteiger partial charge on any atom is -0.330 e. The van der Waals surface area contributed by atoms with Crippen LogP contribution in [0, 0.1) is 0 Å². The van der Waals surface area contributed by atoms with Crippen molar-refractivity contribution >= 4 is 42.6 Å². The number of hydrogen-bond donors (Lipinski definition) is 2. The van der Waals surface area contributed by atoms with Gasteiger partial charge >= 0.3 is 0 Å². The number of nitrogens with two attached hydrogens (primary N) is 1. The second-order valence-corrected chi connectivity index (χ2v) is 1.43. The third kappa shape index (κ3) is 16.0. The van der Waals surface area contributed by atoms with E-state index in [2.05, 4.69) is 12.6 Å². The minimum atomic E-state index is -0.141. The normalized spacial score (nSPS) is 6.25. The summed E-state index contributed by atoms with van der Waals surface area (Å²) in [4.78, 5) is 9.83. The highest BCUT2D eigenvalue weighted by molar-refractivity contribution is 7.96. The van der Waals surface area contributed by atoms with Gasteiger partial charge in [0.15, 0.2) is 5.12 Å². The molecule has 0 unspecified atom stereocenters. The first kappa shape index (κ1) is 15.8. The molecule has 0 bridgehead atoms. The van der Waals surface area contributed by atoms with Crippen LogP contribution in [0.25, 0.3) is 0 Å². The van der Waals surface area contributed by atoms with Crippen LogP contribution < -0.4 is 5.73 Å². The Morgan fingerprint density at radius 1 is 1.50 bits per heavy atom. The number of carbonyl (C=O) groups is 1. The molecule has 0 saturated heterocycles. The van der Waals surface area contributed by atoms with Crippen molar-refractivity contribution in [3.8, 4) is 0 Å². The van der Waals surface area contributed by atoms with Crippen molar-refractivity contribution in [1.29, 1.82) is 0 Å². The predicted molar refractivity (Wildman–Crippen MR) is 42.2 cm³/mol. The van der Waals surface area contributed by atoms with Gasteiger partial charge < -0.3 is 5.73 Å². The molecule has 0 atom stereocenters. The summed E-state index contributed by atoms with van der Waals surface area (Å²) in [5.74, 6) is 0. The molecule has 0 aliphatic carbocycles. The molecule has 52 valence electrons. The second kappa shape index (κ2) is 10.5. The van der Waals surface area contributed by atoms with Crippen molar-refractivity contribution in [2.75, 3.05) is 6.54 Å². The number of rotatable bonds is 2. The molecule has 0 aromatic heterocycles. The van der Waals surface area contributed by atoms with Crippen molar-refractivity contribution < 1.29 is 4.79 Å². The average molecular weight is 178 g/mol. The van der Waals surface area contributed by atoms with E-state index >= 15 is 0 Å². The lowest BCUT2D eigenvalue weighted by Gasteiger charge is -1.80. The van der Waals surface area contributed by atoms with Gasteiger partial charge in [0.2, 0.25) is 0 Å². The Hall–Kier alpha value is 0.560. The number of hydrogen-bond acceptors (Lipinski definition) is 2. The molecule has 8 heavy (non-hydrogen) atoms. The molecule has 2 nitrogen and oxygen atoms in total. The fourth-order valence-electron chi connectivity index (χ4n) is 0.123. The van der Waals surface area contributed by atoms with Crippen LogP contribution >= 0.6 is 37.4 Å². The summed E-state index contributed by atoms with van der Waals surface area (Å²) < 4.78 is 0. The summed E-state index contributed by atoms with van der Waals surface area (Å²) in [6, 6.07) is 0. The van der Waals surface area contributed by atoms with Gasteiger partial charge in [0.25, 0.3) is 0 Å². The monoisotopic (exact) mass is 177 g/mol. The zero-order valence-corrected chi connectivity index (χ0v) is 6.69. The molecule has 0 aromatic rings. The third-order valence-electron chi connectivity index (χ3n) is 0.358. The molecule has 0 aliphatic heterocycles. The van der Waals surface area contributed by atoms with Crippen molar-refractivity contribution in [2.45, 2.75) is 6.42 Å². The van der Waals surface area contributed by atoms with Crippen molar-refractivity contribution in [3.63, 3.8) is 0 Å². The molecule has 5 heteroatoms. The van der Waals surface area contributed by atoms with Gasteiger partial charge in [0.05, 0.1) is 0 Å². The maximum Gasteiger partial charge on any atom is 0.187 e. The Balaban J connectivity index is -0.000000125. The molecule has 0 saturated carbocycles. The maximum atomic E-state index is 9.83. The van der Waals surface area contributed by atoms with Crippen LogP contribution in [-0.2, 0) is 4.79 Å². The van der Waals surface area contributed by atoms with E-state index in [1.807, 2.05) is 0 Å². The lowest BCUT2D eigenvalue weighted by atomic mass is 10.5. The zero-order chi connectivity index (χ0) is 4.99.